The highest BCUT2D eigenvalue weighted by atomic mass is 16.5. The highest BCUT2D eigenvalue weighted by Crippen LogP contribution is 2.20. The van der Waals surface area contributed by atoms with E-state index in [1.165, 1.54) is 5.56 Å². The van der Waals surface area contributed by atoms with Crippen molar-refractivity contribution in [2.24, 2.45) is 0 Å². The zero-order chi connectivity index (χ0) is 20.4. The molecule has 0 bridgehead atoms. The van der Waals surface area contributed by atoms with Crippen molar-refractivity contribution in [2.45, 2.75) is 39.3 Å². The molecule has 150 valence electrons. The van der Waals surface area contributed by atoms with Crippen LogP contribution in [0.5, 0.6) is 0 Å². The predicted molar refractivity (Wildman–Crippen MR) is 114 cm³/mol. The molecule has 1 N–H and O–H groups in total. The average molecular weight is 390 g/mol. The number of nitrogens with one attached hydrogen (secondary N) is 1. The minimum atomic E-state index is -0.154. The number of hydrogen-bond donors (Lipinski definition) is 1. The van der Waals surface area contributed by atoms with Gasteiger partial charge in [0.25, 0.3) is 11.5 Å². The van der Waals surface area contributed by atoms with E-state index < -0.39 is 0 Å². The van der Waals surface area contributed by atoms with Crippen molar-refractivity contribution >= 4 is 16.8 Å². The van der Waals surface area contributed by atoms with Gasteiger partial charge in [-0.05, 0) is 73.5 Å². The zero-order valence-electron chi connectivity index (χ0n) is 16.9. The van der Waals surface area contributed by atoms with Crippen LogP contribution in [0.2, 0.25) is 0 Å². The van der Waals surface area contributed by atoms with Crippen LogP contribution in [0.25, 0.3) is 10.9 Å². The molecule has 5 heteroatoms. The van der Waals surface area contributed by atoms with Gasteiger partial charge in [0, 0.05) is 29.8 Å². The van der Waals surface area contributed by atoms with Crippen LogP contribution in [0.3, 0.4) is 0 Å². The first kappa shape index (κ1) is 19.4. The number of nitrogens with zero attached hydrogens (tertiary/aromatic N) is 1. The molecule has 1 aromatic heterocycles. The molecule has 5 nitrogen and oxygen atoms in total. The summed E-state index contributed by atoms with van der Waals surface area (Å²) in [6.07, 6.45) is 1.96. The molecular formula is C24H26N2O3. The van der Waals surface area contributed by atoms with Gasteiger partial charge in [0.05, 0.1) is 12.6 Å². The number of hydrogen-bond acceptors (Lipinski definition) is 3. The summed E-state index contributed by atoms with van der Waals surface area (Å²) in [4.78, 5) is 30.6. The highest BCUT2D eigenvalue weighted by Gasteiger charge is 2.24. The number of amides is 1. The van der Waals surface area contributed by atoms with Crippen LogP contribution in [0.15, 0.2) is 53.3 Å². The second-order valence-corrected chi connectivity index (χ2v) is 7.83. The lowest BCUT2D eigenvalue weighted by atomic mass is 10.0. The number of ether oxygens (including phenoxy) is 1. The quantitative estimate of drug-likeness (QED) is 0.717. The van der Waals surface area contributed by atoms with E-state index in [2.05, 4.69) is 18.0 Å². The van der Waals surface area contributed by atoms with E-state index >= 15 is 0 Å². The number of aryl methyl sites for hydroxylation is 2. The molecular weight excluding hydrogens is 364 g/mol. The minimum absolute atomic E-state index is 0.0205. The Hall–Kier alpha value is -2.92. The fourth-order valence-corrected chi connectivity index (χ4v) is 3.86. The van der Waals surface area contributed by atoms with Gasteiger partial charge in [-0.3, -0.25) is 9.59 Å². The van der Waals surface area contributed by atoms with Gasteiger partial charge in [0.15, 0.2) is 0 Å². The van der Waals surface area contributed by atoms with Gasteiger partial charge in [-0.2, -0.15) is 0 Å². The van der Waals surface area contributed by atoms with E-state index in [1.807, 2.05) is 49.4 Å². The summed E-state index contributed by atoms with van der Waals surface area (Å²) in [5.41, 5.74) is 4.19. The third kappa shape index (κ3) is 4.25. The van der Waals surface area contributed by atoms with E-state index in [4.69, 9.17) is 4.74 Å². The van der Waals surface area contributed by atoms with Crippen LogP contribution in [-0.2, 0) is 11.3 Å². The Morgan fingerprint density at radius 1 is 1.14 bits per heavy atom. The summed E-state index contributed by atoms with van der Waals surface area (Å²) < 4.78 is 5.76. The molecule has 2 aromatic carbocycles. The highest BCUT2D eigenvalue weighted by molar-refractivity contribution is 5.94. The largest absolute Gasteiger partial charge is 0.376 e. The van der Waals surface area contributed by atoms with Gasteiger partial charge in [-0.15, -0.1) is 0 Å². The lowest BCUT2D eigenvalue weighted by Crippen LogP contribution is -2.38. The first-order valence-electron chi connectivity index (χ1n) is 10.1. The number of aromatic amines is 1. The number of carbonyl (C=O) groups is 1. The summed E-state index contributed by atoms with van der Waals surface area (Å²) >= 11 is 0. The fourth-order valence-electron chi connectivity index (χ4n) is 3.86. The van der Waals surface area contributed by atoms with Crippen molar-refractivity contribution in [1.82, 2.24) is 9.88 Å². The Kier molecular flexibility index (Phi) is 5.49. The Labute approximate surface area is 170 Å². The van der Waals surface area contributed by atoms with Gasteiger partial charge in [0.1, 0.15) is 0 Å². The standard InChI is InChI=1S/C24H26N2O3/c1-16-11-19-13-20(23(27)25-22(19)12-17(16)2)14-26(15-21-9-6-10-29-21)24(28)18-7-4-3-5-8-18/h3-5,7-8,11-13,21H,6,9-10,14-15H2,1-2H3,(H,25,27)/t21-/m1/s1. The number of H-pyrrole nitrogens is 1. The molecule has 0 aliphatic carbocycles. The molecule has 1 amide bonds. The zero-order valence-corrected chi connectivity index (χ0v) is 16.9. The molecule has 0 unspecified atom stereocenters. The third-order valence-corrected chi connectivity index (χ3v) is 5.65. The SMILES string of the molecule is Cc1cc2cc(CN(C[C@H]3CCCO3)C(=O)c3ccccc3)c(=O)[nH]c2cc1C. The summed E-state index contributed by atoms with van der Waals surface area (Å²) in [7, 11) is 0. The van der Waals surface area contributed by atoms with Crippen LogP contribution in [0.1, 0.15) is 39.9 Å². The maximum Gasteiger partial charge on any atom is 0.254 e. The molecule has 0 spiro atoms. The second-order valence-electron chi connectivity index (χ2n) is 7.83. The molecule has 0 saturated carbocycles. The van der Waals surface area contributed by atoms with Gasteiger partial charge in [0.2, 0.25) is 0 Å². The Morgan fingerprint density at radius 3 is 2.62 bits per heavy atom. The number of carbonyl (C=O) groups excluding carboxylic acids is 1. The molecule has 0 radical (unpaired) electrons. The summed E-state index contributed by atoms with van der Waals surface area (Å²) in [5, 5.41) is 0.979. The summed E-state index contributed by atoms with van der Waals surface area (Å²) in [6, 6.07) is 15.2. The maximum absolute atomic E-state index is 13.2. The Balaban J connectivity index is 1.67. The summed E-state index contributed by atoms with van der Waals surface area (Å²) in [5.74, 6) is -0.0827. The lowest BCUT2D eigenvalue weighted by Gasteiger charge is -2.25. The van der Waals surface area contributed by atoms with E-state index in [9.17, 15) is 9.59 Å². The summed E-state index contributed by atoms with van der Waals surface area (Å²) in [6.45, 7) is 5.56. The fraction of sp³-hybridized carbons (Fsp3) is 0.333. The number of pyridine rings is 1. The van der Waals surface area contributed by atoms with Gasteiger partial charge in [-0.25, -0.2) is 0 Å². The molecule has 1 saturated heterocycles. The van der Waals surface area contributed by atoms with Crippen molar-refractivity contribution in [1.29, 1.82) is 0 Å². The van der Waals surface area contributed by atoms with Crippen LogP contribution in [-0.4, -0.2) is 35.0 Å². The van der Waals surface area contributed by atoms with E-state index in [-0.39, 0.29) is 24.1 Å². The van der Waals surface area contributed by atoms with Crippen molar-refractivity contribution < 1.29 is 9.53 Å². The normalized spacial score (nSPS) is 16.3. The Morgan fingerprint density at radius 2 is 1.90 bits per heavy atom. The molecule has 29 heavy (non-hydrogen) atoms. The first-order valence-corrected chi connectivity index (χ1v) is 10.1. The molecule has 4 rings (SSSR count). The monoisotopic (exact) mass is 390 g/mol. The minimum Gasteiger partial charge on any atom is -0.376 e. The molecule has 1 atom stereocenters. The predicted octanol–water partition coefficient (Wildman–Crippen LogP) is 3.97. The number of fused-ring (bicyclic) bond motifs is 1. The number of benzene rings is 2. The van der Waals surface area contributed by atoms with E-state index in [0.717, 1.165) is 35.9 Å². The van der Waals surface area contributed by atoms with Crippen LogP contribution < -0.4 is 5.56 Å². The third-order valence-electron chi connectivity index (χ3n) is 5.65. The molecule has 1 aliphatic rings. The van der Waals surface area contributed by atoms with Gasteiger partial charge in [-0.1, -0.05) is 18.2 Å². The molecule has 1 fully saturated rings. The smallest absolute Gasteiger partial charge is 0.254 e. The average Bonchev–Trinajstić information content (AvgIpc) is 3.23. The molecule has 3 aromatic rings. The number of rotatable bonds is 5. The second kappa shape index (κ2) is 8.21. The van der Waals surface area contributed by atoms with Crippen molar-refractivity contribution in [3.63, 3.8) is 0 Å². The van der Waals surface area contributed by atoms with Crippen LogP contribution >= 0.6 is 0 Å². The maximum atomic E-state index is 13.2. The number of aromatic nitrogens is 1. The van der Waals surface area contributed by atoms with E-state index in [1.54, 1.807) is 4.90 Å². The lowest BCUT2D eigenvalue weighted by molar-refractivity contribution is 0.0506. The van der Waals surface area contributed by atoms with Gasteiger partial charge >= 0.3 is 0 Å². The topological polar surface area (TPSA) is 62.4 Å². The Bertz CT molecular complexity index is 1080. The molecule has 2 heterocycles. The first-order chi connectivity index (χ1) is 14.0. The van der Waals surface area contributed by atoms with Gasteiger partial charge < -0.3 is 14.6 Å². The van der Waals surface area contributed by atoms with Crippen molar-refractivity contribution in [3.05, 3.63) is 81.1 Å². The van der Waals surface area contributed by atoms with Crippen molar-refractivity contribution in [3.8, 4) is 0 Å². The van der Waals surface area contributed by atoms with E-state index in [0.29, 0.717) is 17.7 Å². The molecule has 1 aliphatic heterocycles. The van der Waals surface area contributed by atoms with Crippen molar-refractivity contribution in [2.75, 3.05) is 13.2 Å². The van der Waals surface area contributed by atoms with Crippen LogP contribution in [0, 0.1) is 13.8 Å². The van der Waals surface area contributed by atoms with Crippen LogP contribution in [0.4, 0.5) is 0 Å².